The summed E-state index contributed by atoms with van der Waals surface area (Å²) >= 11 is 0. The second-order valence-electron chi connectivity index (χ2n) is 3.53. The average Bonchev–Trinajstić information content (AvgIpc) is 1.97. The zero-order valence-corrected chi connectivity index (χ0v) is 9.63. The Balaban J connectivity index is 2.17. The molecule has 1 aliphatic rings. The molecule has 0 aliphatic carbocycles. The molecule has 2 unspecified atom stereocenters. The van der Waals surface area contributed by atoms with Crippen molar-refractivity contribution in [2.75, 3.05) is 13.7 Å². The normalized spacial score (nSPS) is 26.0. The fourth-order valence-corrected chi connectivity index (χ4v) is 2.98. The van der Waals surface area contributed by atoms with Gasteiger partial charge in [0.1, 0.15) is 0 Å². The molecule has 72 valence electrons. The smallest absolute Gasteiger partial charge is 0.161 e. The van der Waals surface area contributed by atoms with Crippen molar-refractivity contribution in [3.8, 4) is 0 Å². The van der Waals surface area contributed by atoms with Crippen LogP contribution in [0, 0.1) is 5.92 Å². The Bertz CT molecular complexity index is 115. The van der Waals surface area contributed by atoms with Gasteiger partial charge in [-0.25, -0.2) is 0 Å². The van der Waals surface area contributed by atoms with Gasteiger partial charge in [-0.05, 0) is 24.8 Å². The molecule has 0 radical (unpaired) electrons. The highest BCUT2D eigenvalue weighted by Gasteiger charge is 2.27. The molecule has 1 saturated heterocycles. The monoisotopic (exact) mass is 188 g/mol. The van der Waals surface area contributed by atoms with Crippen molar-refractivity contribution in [3.63, 3.8) is 0 Å². The molecule has 12 heavy (non-hydrogen) atoms. The summed E-state index contributed by atoms with van der Waals surface area (Å²) < 4.78 is 10.7. The highest BCUT2D eigenvalue weighted by atomic mass is 28.2. The van der Waals surface area contributed by atoms with Gasteiger partial charge in [0, 0.05) is 13.7 Å². The molecular formula is C9H20O2Si. The third-order valence-corrected chi connectivity index (χ3v) is 4.00. The fourth-order valence-electron chi connectivity index (χ4n) is 1.78. The fraction of sp³-hybridized carbons (Fsp3) is 1.00. The molecule has 2 nitrogen and oxygen atoms in total. The maximum Gasteiger partial charge on any atom is 0.161 e. The molecule has 0 N–H and O–H groups in total. The van der Waals surface area contributed by atoms with E-state index in [1.807, 2.05) is 7.11 Å². The Morgan fingerprint density at radius 2 is 2.42 bits per heavy atom. The van der Waals surface area contributed by atoms with E-state index in [1.54, 1.807) is 0 Å². The topological polar surface area (TPSA) is 18.5 Å². The van der Waals surface area contributed by atoms with Crippen LogP contribution in [-0.4, -0.2) is 29.6 Å². The molecule has 1 aliphatic heterocycles. The van der Waals surface area contributed by atoms with Gasteiger partial charge in [0.15, 0.2) is 9.76 Å². The van der Waals surface area contributed by atoms with E-state index in [1.165, 1.54) is 25.3 Å². The highest BCUT2D eigenvalue weighted by Crippen LogP contribution is 2.27. The van der Waals surface area contributed by atoms with Gasteiger partial charge in [-0.3, -0.25) is 0 Å². The van der Waals surface area contributed by atoms with Gasteiger partial charge < -0.3 is 9.16 Å². The van der Waals surface area contributed by atoms with Crippen LogP contribution in [0.5, 0.6) is 0 Å². The van der Waals surface area contributed by atoms with Crippen molar-refractivity contribution in [2.24, 2.45) is 5.92 Å². The van der Waals surface area contributed by atoms with E-state index >= 15 is 0 Å². The standard InChI is InChI=1S/C9H20O2Si/c1-3-4-8(7-12-10-2)9-5-6-11-9/h8-9H,3-7,12H2,1-2H3. The van der Waals surface area contributed by atoms with Crippen LogP contribution in [0.3, 0.4) is 0 Å². The minimum atomic E-state index is -0.244. The maximum absolute atomic E-state index is 5.51. The summed E-state index contributed by atoms with van der Waals surface area (Å²) in [5, 5.41) is 0. The van der Waals surface area contributed by atoms with Crippen LogP contribution in [0.15, 0.2) is 0 Å². The Morgan fingerprint density at radius 1 is 1.67 bits per heavy atom. The summed E-state index contributed by atoms with van der Waals surface area (Å²) in [6.07, 6.45) is 4.46. The van der Waals surface area contributed by atoms with Crippen LogP contribution < -0.4 is 0 Å². The number of rotatable bonds is 6. The van der Waals surface area contributed by atoms with Gasteiger partial charge in [-0.1, -0.05) is 13.3 Å². The van der Waals surface area contributed by atoms with E-state index in [9.17, 15) is 0 Å². The molecule has 1 rings (SSSR count). The Labute approximate surface area is 77.6 Å². The summed E-state index contributed by atoms with van der Waals surface area (Å²) in [6.45, 7) is 3.24. The Morgan fingerprint density at radius 3 is 2.83 bits per heavy atom. The first-order valence-electron chi connectivity index (χ1n) is 4.99. The minimum Gasteiger partial charge on any atom is -0.427 e. The summed E-state index contributed by atoms with van der Waals surface area (Å²) in [5.41, 5.74) is 0. The lowest BCUT2D eigenvalue weighted by atomic mass is 9.94. The van der Waals surface area contributed by atoms with Crippen LogP contribution in [0.4, 0.5) is 0 Å². The van der Waals surface area contributed by atoms with E-state index < -0.39 is 0 Å². The first kappa shape index (κ1) is 10.2. The van der Waals surface area contributed by atoms with Crippen molar-refractivity contribution in [1.29, 1.82) is 0 Å². The molecule has 0 bridgehead atoms. The molecule has 0 saturated carbocycles. The molecule has 0 spiro atoms. The van der Waals surface area contributed by atoms with E-state index in [2.05, 4.69) is 6.92 Å². The van der Waals surface area contributed by atoms with Gasteiger partial charge in [0.05, 0.1) is 6.10 Å². The molecule has 1 fully saturated rings. The van der Waals surface area contributed by atoms with Crippen molar-refractivity contribution in [3.05, 3.63) is 0 Å². The third-order valence-electron chi connectivity index (χ3n) is 2.61. The lowest BCUT2D eigenvalue weighted by molar-refractivity contribution is -0.0824. The van der Waals surface area contributed by atoms with Crippen molar-refractivity contribution >= 4 is 9.76 Å². The Hall–Kier alpha value is 0.137. The highest BCUT2D eigenvalue weighted by molar-refractivity contribution is 6.27. The zero-order valence-electron chi connectivity index (χ0n) is 8.21. The SMILES string of the molecule is CCCC(C[SiH2]OC)C1CCO1. The second-order valence-corrected chi connectivity index (χ2v) is 5.09. The summed E-state index contributed by atoms with van der Waals surface area (Å²) in [7, 11) is 1.59. The molecule has 0 aromatic carbocycles. The molecule has 2 atom stereocenters. The van der Waals surface area contributed by atoms with Crippen LogP contribution in [0.1, 0.15) is 26.2 Å². The first-order valence-corrected chi connectivity index (χ1v) is 6.56. The van der Waals surface area contributed by atoms with Gasteiger partial charge in [0.25, 0.3) is 0 Å². The molecule has 0 amide bonds. The van der Waals surface area contributed by atoms with Crippen LogP contribution in [0.2, 0.25) is 6.04 Å². The van der Waals surface area contributed by atoms with Gasteiger partial charge >= 0.3 is 0 Å². The summed E-state index contributed by atoms with van der Waals surface area (Å²) in [4.78, 5) is 0. The number of hydrogen-bond acceptors (Lipinski definition) is 2. The number of hydrogen-bond donors (Lipinski definition) is 0. The lowest BCUT2D eigenvalue weighted by Gasteiger charge is -2.33. The summed E-state index contributed by atoms with van der Waals surface area (Å²) in [5.74, 6) is 0.801. The average molecular weight is 188 g/mol. The minimum absolute atomic E-state index is 0.244. The predicted molar refractivity (Wildman–Crippen MR) is 53.1 cm³/mol. The van der Waals surface area contributed by atoms with Crippen molar-refractivity contribution in [1.82, 2.24) is 0 Å². The van der Waals surface area contributed by atoms with E-state index in [-0.39, 0.29) is 9.76 Å². The maximum atomic E-state index is 5.51. The van der Waals surface area contributed by atoms with Crippen molar-refractivity contribution < 1.29 is 9.16 Å². The number of ether oxygens (including phenoxy) is 1. The van der Waals surface area contributed by atoms with E-state index in [4.69, 9.17) is 9.16 Å². The second kappa shape index (κ2) is 5.73. The van der Waals surface area contributed by atoms with E-state index in [0.29, 0.717) is 6.10 Å². The molecule has 0 aromatic heterocycles. The largest absolute Gasteiger partial charge is 0.427 e. The summed E-state index contributed by atoms with van der Waals surface area (Å²) in [6, 6.07) is 1.30. The van der Waals surface area contributed by atoms with Gasteiger partial charge in [0.2, 0.25) is 0 Å². The zero-order chi connectivity index (χ0) is 8.81. The van der Waals surface area contributed by atoms with Gasteiger partial charge in [-0.15, -0.1) is 0 Å². The molecular weight excluding hydrogens is 168 g/mol. The molecule has 3 heteroatoms. The van der Waals surface area contributed by atoms with Crippen LogP contribution >= 0.6 is 0 Å². The van der Waals surface area contributed by atoms with Crippen LogP contribution in [-0.2, 0) is 9.16 Å². The lowest BCUT2D eigenvalue weighted by Crippen LogP contribution is -2.35. The molecule has 1 heterocycles. The van der Waals surface area contributed by atoms with Gasteiger partial charge in [-0.2, -0.15) is 0 Å². The van der Waals surface area contributed by atoms with Crippen LogP contribution in [0.25, 0.3) is 0 Å². The Kier molecular flexibility index (Phi) is 4.88. The predicted octanol–water partition coefficient (Wildman–Crippen LogP) is 1.34. The van der Waals surface area contributed by atoms with E-state index in [0.717, 1.165) is 12.5 Å². The van der Waals surface area contributed by atoms with Crippen molar-refractivity contribution in [2.45, 2.75) is 38.3 Å². The quantitative estimate of drug-likeness (QED) is 0.586. The third kappa shape index (κ3) is 2.88. The first-order chi connectivity index (χ1) is 5.88. The molecule has 0 aromatic rings.